The van der Waals surface area contributed by atoms with Crippen molar-refractivity contribution in [1.29, 1.82) is 0 Å². The molecule has 0 aliphatic carbocycles. The molecule has 1 fully saturated rings. The first-order chi connectivity index (χ1) is 7.66. The van der Waals surface area contributed by atoms with E-state index in [2.05, 4.69) is 49.9 Å². The Kier molecular flexibility index (Phi) is 3.65. The van der Waals surface area contributed by atoms with E-state index in [4.69, 9.17) is 0 Å². The van der Waals surface area contributed by atoms with E-state index < -0.39 is 0 Å². The van der Waals surface area contributed by atoms with Crippen molar-refractivity contribution in [2.45, 2.75) is 52.1 Å². The van der Waals surface area contributed by atoms with Crippen molar-refractivity contribution < 1.29 is 0 Å². The van der Waals surface area contributed by atoms with Crippen LogP contribution in [0.25, 0.3) is 0 Å². The highest BCUT2D eigenvalue weighted by Gasteiger charge is 2.19. The summed E-state index contributed by atoms with van der Waals surface area (Å²) in [5.41, 5.74) is 2.93. The zero-order valence-electron chi connectivity index (χ0n) is 10.7. The minimum Gasteiger partial charge on any atom is -0.296 e. The smallest absolute Gasteiger partial charge is 0.0236 e. The lowest BCUT2D eigenvalue weighted by Crippen LogP contribution is -2.26. The molecule has 1 aromatic rings. The first kappa shape index (κ1) is 11.7. The van der Waals surface area contributed by atoms with Crippen molar-refractivity contribution in [3.63, 3.8) is 0 Å². The van der Waals surface area contributed by atoms with Crippen molar-refractivity contribution in [2.24, 2.45) is 0 Å². The second-order valence-corrected chi connectivity index (χ2v) is 5.36. The van der Waals surface area contributed by atoms with Crippen LogP contribution in [0.3, 0.4) is 0 Å². The van der Waals surface area contributed by atoms with E-state index >= 15 is 0 Å². The van der Waals surface area contributed by atoms with Crippen LogP contribution in [0.2, 0.25) is 0 Å². The number of hydrogen-bond acceptors (Lipinski definition) is 1. The third-order valence-corrected chi connectivity index (χ3v) is 3.69. The number of likely N-dealkylation sites (tertiary alicyclic amines) is 1. The Labute approximate surface area is 99.5 Å². The molecule has 1 aromatic carbocycles. The Hall–Kier alpha value is -0.820. The first-order valence-electron chi connectivity index (χ1n) is 6.49. The first-order valence-corrected chi connectivity index (χ1v) is 6.49. The highest BCUT2D eigenvalue weighted by atomic mass is 15.2. The fourth-order valence-electron chi connectivity index (χ4n) is 2.51. The summed E-state index contributed by atoms with van der Waals surface area (Å²) in [6, 6.07) is 9.84. The average molecular weight is 217 g/mol. The highest BCUT2D eigenvalue weighted by Crippen LogP contribution is 2.21. The molecule has 1 nitrogen and oxygen atoms in total. The summed E-state index contributed by atoms with van der Waals surface area (Å²) in [6.45, 7) is 9.27. The standard InChI is InChI=1S/C15H23N/c1-12(2)15-8-4-7-14(10-15)11-16-9-5-6-13(16)3/h4,7-8,10,12-13H,5-6,9,11H2,1-3H3. The van der Waals surface area contributed by atoms with E-state index in [0.717, 1.165) is 12.6 Å². The van der Waals surface area contributed by atoms with Gasteiger partial charge in [0.1, 0.15) is 0 Å². The maximum absolute atomic E-state index is 2.60. The molecule has 0 amide bonds. The molecule has 1 aliphatic heterocycles. The van der Waals surface area contributed by atoms with E-state index in [-0.39, 0.29) is 0 Å². The molecule has 0 radical (unpaired) electrons. The van der Waals surface area contributed by atoms with Gasteiger partial charge in [-0.2, -0.15) is 0 Å². The van der Waals surface area contributed by atoms with Crippen molar-refractivity contribution >= 4 is 0 Å². The summed E-state index contributed by atoms with van der Waals surface area (Å²) in [5, 5.41) is 0. The van der Waals surface area contributed by atoms with Crippen LogP contribution >= 0.6 is 0 Å². The molecular weight excluding hydrogens is 194 g/mol. The van der Waals surface area contributed by atoms with E-state index in [1.54, 1.807) is 0 Å². The number of rotatable bonds is 3. The van der Waals surface area contributed by atoms with Gasteiger partial charge in [-0.25, -0.2) is 0 Å². The Morgan fingerprint density at radius 3 is 2.81 bits per heavy atom. The Morgan fingerprint density at radius 1 is 1.38 bits per heavy atom. The third kappa shape index (κ3) is 2.65. The minimum absolute atomic E-state index is 0.635. The summed E-state index contributed by atoms with van der Waals surface area (Å²) >= 11 is 0. The van der Waals surface area contributed by atoms with Gasteiger partial charge in [-0.1, -0.05) is 38.1 Å². The molecule has 2 rings (SSSR count). The van der Waals surface area contributed by atoms with Gasteiger partial charge in [-0.15, -0.1) is 0 Å². The monoisotopic (exact) mass is 217 g/mol. The van der Waals surface area contributed by atoms with Crippen LogP contribution in [0, 0.1) is 0 Å². The average Bonchev–Trinajstić information content (AvgIpc) is 2.65. The molecule has 1 unspecified atom stereocenters. The third-order valence-electron chi connectivity index (χ3n) is 3.69. The SMILES string of the molecule is CC(C)c1cccc(CN2CCCC2C)c1. The molecule has 1 heteroatoms. The quantitative estimate of drug-likeness (QED) is 0.744. The van der Waals surface area contributed by atoms with Gasteiger partial charge in [0, 0.05) is 12.6 Å². The van der Waals surface area contributed by atoms with Crippen LogP contribution in [-0.4, -0.2) is 17.5 Å². The molecule has 0 spiro atoms. The van der Waals surface area contributed by atoms with Crippen molar-refractivity contribution in [3.05, 3.63) is 35.4 Å². The maximum atomic E-state index is 2.60. The molecule has 0 aromatic heterocycles. The summed E-state index contributed by atoms with van der Waals surface area (Å²) in [4.78, 5) is 2.60. The predicted octanol–water partition coefficient (Wildman–Crippen LogP) is 3.79. The van der Waals surface area contributed by atoms with Gasteiger partial charge >= 0.3 is 0 Å². The lowest BCUT2D eigenvalue weighted by atomic mass is 10.0. The van der Waals surface area contributed by atoms with Crippen LogP contribution in [0.15, 0.2) is 24.3 Å². The van der Waals surface area contributed by atoms with Gasteiger partial charge in [0.25, 0.3) is 0 Å². The Bertz CT molecular complexity index is 343. The van der Waals surface area contributed by atoms with Crippen molar-refractivity contribution in [1.82, 2.24) is 4.90 Å². The molecule has 1 aliphatic rings. The van der Waals surface area contributed by atoms with Crippen LogP contribution in [0.1, 0.15) is 50.7 Å². The topological polar surface area (TPSA) is 3.24 Å². The summed E-state index contributed by atoms with van der Waals surface area (Å²) in [5.74, 6) is 0.635. The van der Waals surface area contributed by atoms with Gasteiger partial charge in [0.15, 0.2) is 0 Å². The molecule has 0 bridgehead atoms. The van der Waals surface area contributed by atoms with Crippen LogP contribution in [0.4, 0.5) is 0 Å². The molecule has 16 heavy (non-hydrogen) atoms. The van der Waals surface area contributed by atoms with E-state index in [1.165, 1.54) is 30.5 Å². The van der Waals surface area contributed by atoms with Gasteiger partial charge in [-0.05, 0) is 43.4 Å². The molecule has 1 saturated heterocycles. The van der Waals surface area contributed by atoms with E-state index in [0.29, 0.717) is 5.92 Å². The maximum Gasteiger partial charge on any atom is 0.0236 e. The number of hydrogen-bond donors (Lipinski definition) is 0. The van der Waals surface area contributed by atoms with E-state index in [1.807, 2.05) is 0 Å². The molecule has 0 saturated carbocycles. The Balaban J connectivity index is 2.06. The normalized spacial score (nSPS) is 21.9. The summed E-state index contributed by atoms with van der Waals surface area (Å²) < 4.78 is 0. The zero-order valence-corrected chi connectivity index (χ0v) is 10.7. The lowest BCUT2D eigenvalue weighted by molar-refractivity contribution is 0.260. The van der Waals surface area contributed by atoms with Gasteiger partial charge in [0.2, 0.25) is 0 Å². The molecule has 0 N–H and O–H groups in total. The molecule has 1 heterocycles. The van der Waals surface area contributed by atoms with Gasteiger partial charge in [0.05, 0.1) is 0 Å². The van der Waals surface area contributed by atoms with Gasteiger partial charge < -0.3 is 0 Å². The Morgan fingerprint density at radius 2 is 2.19 bits per heavy atom. The van der Waals surface area contributed by atoms with Crippen LogP contribution in [0.5, 0.6) is 0 Å². The van der Waals surface area contributed by atoms with E-state index in [9.17, 15) is 0 Å². The number of benzene rings is 1. The van der Waals surface area contributed by atoms with Crippen LogP contribution < -0.4 is 0 Å². The number of nitrogens with zero attached hydrogens (tertiary/aromatic N) is 1. The second-order valence-electron chi connectivity index (χ2n) is 5.36. The van der Waals surface area contributed by atoms with Crippen LogP contribution in [-0.2, 0) is 6.54 Å². The van der Waals surface area contributed by atoms with Crippen molar-refractivity contribution in [2.75, 3.05) is 6.54 Å². The van der Waals surface area contributed by atoms with Gasteiger partial charge in [-0.3, -0.25) is 4.90 Å². The fraction of sp³-hybridized carbons (Fsp3) is 0.600. The fourth-order valence-corrected chi connectivity index (χ4v) is 2.51. The van der Waals surface area contributed by atoms with Crippen molar-refractivity contribution in [3.8, 4) is 0 Å². The summed E-state index contributed by atoms with van der Waals surface area (Å²) in [7, 11) is 0. The predicted molar refractivity (Wildman–Crippen MR) is 69.6 cm³/mol. The second kappa shape index (κ2) is 5.01. The highest BCUT2D eigenvalue weighted by molar-refractivity contribution is 5.25. The molecular formula is C15H23N. The molecule has 1 atom stereocenters. The lowest BCUT2D eigenvalue weighted by Gasteiger charge is -2.21. The summed E-state index contributed by atoms with van der Waals surface area (Å²) in [6.07, 6.45) is 2.73. The minimum atomic E-state index is 0.635. The molecule has 88 valence electrons. The zero-order chi connectivity index (χ0) is 11.5. The largest absolute Gasteiger partial charge is 0.296 e.